The molecule has 0 radical (unpaired) electrons. The molecule has 1 aliphatic heterocycles. The number of fused-ring (bicyclic) bond motifs is 1. The predicted octanol–water partition coefficient (Wildman–Crippen LogP) is 6.25. The number of carbonyl (C=O) groups excluding carboxylic acids is 1. The van der Waals surface area contributed by atoms with E-state index in [-0.39, 0.29) is 29.8 Å². The first-order valence-corrected chi connectivity index (χ1v) is 13.2. The number of alkyl halides is 1. The van der Waals surface area contributed by atoms with Crippen LogP contribution in [0.15, 0.2) is 60.7 Å². The zero-order valence-corrected chi connectivity index (χ0v) is 21.5. The summed E-state index contributed by atoms with van der Waals surface area (Å²) in [5.74, 6) is -0.359. The first kappa shape index (κ1) is 26.7. The molecule has 0 amide bonds. The Labute approximate surface area is 226 Å². The van der Waals surface area contributed by atoms with Gasteiger partial charge in [0.15, 0.2) is 0 Å². The molecule has 39 heavy (non-hydrogen) atoms. The molecule has 1 aliphatic carbocycles. The highest BCUT2D eigenvalue weighted by molar-refractivity contribution is 6.01. The van der Waals surface area contributed by atoms with E-state index in [1.165, 1.54) is 12.1 Å². The molecule has 3 aromatic carbocycles. The van der Waals surface area contributed by atoms with Crippen LogP contribution in [0.25, 0.3) is 11.1 Å². The summed E-state index contributed by atoms with van der Waals surface area (Å²) in [4.78, 5) is 17.5. The van der Waals surface area contributed by atoms with Crippen LogP contribution in [0, 0.1) is 0 Å². The zero-order chi connectivity index (χ0) is 27.4. The van der Waals surface area contributed by atoms with E-state index in [1.807, 2.05) is 24.3 Å². The Bertz CT molecular complexity index is 1370. The fourth-order valence-corrected chi connectivity index (χ4v) is 5.61. The van der Waals surface area contributed by atoms with Gasteiger partial charge in [0.2, 0.25) is 0 Å². The van der Waals surface area contributed by atoms with Crippen molar-refractivity contribution in [3.63, 3.8) is 0 Å². The molecular formula is C31H31F2NO5. The normalized spacial score (nSPS) is 17.5. The van der Waals surface area contributed by atoms with Crippen LogP contribution in [0.5, 0.6) is 17.2 Å². The average molecular weight is 536 g/mol. The van der Waals surface area contributed by atoms with Crippen LogP contribution < -0.4 is 4.74 Å². The van der Waals surface area contributed by atoms with Crippen LogP contribution in [0.3, 0.4) is 0 Å². The maximum atomic E-state index is 12.6. The number of hydrogen-bond acceptors (Lipinski definition) is 6. The Kier molecular flexibility index (Phi) is 8.12. The van der Waals surface area contributed by atoms with Crippen LogP contribution in [0.2, 0.25) is 0 Å². The Morgan fingerprint density at radius 1 is 1.00 bits per heavy atom. The third-order valence-corrected chi connectivity index (χ3v) is 7.44. The van der Waals surface area contributed by atoms with Crippen LogP contribution in [0.1, 0.15) is 58.3 Å². The lowest BCUT2D eigenvalue weighted by molar-refractivity contribution is -0.0788. The maximum Gasteiger partial charge on any atom is 0.379 e. The highest BCUT2D eigenvalue weighted by Gasteiger charge is 2.25. The number of phenolic OH excluding ortho intramolecular Hbond substituents is 2. The molecule has 2 N–H and O–H groups in total. The van der Waals surface area contributed by atoms with Gasteiger partial charge in [0.1, 0.15) is 23.4 Å². The minimum atomic E-state index is -1.04. The summed E-state index contributed by atoms with van der Waals surface area (Å²) in [7, 11) is 0. The van der Waals surface area contributed by atoms with Gasteiger partial charge >= 0.3 is 5.97 Å². The molecular weight excluding hydrogens is 504 g/mol. The van der Waals surface area contributed by atoms with E-state index < -0.39 is 5.97 Å². The number of aryl methyl sites for hydroxylation is 1. The van der Waals surface area contributed by atoms with Crippen molar-refractivity contribution in [2.24, 2.45) is 0 Å². The topological polar surface area (TPSA) is 79.2 Å². The van der Waals surface area contributed by atoms with Gasteiger partial charge in [-0.25, -0.2) is 9.74 Å². The van der Waals surface area contributed by atoms with Gasteiger partial charge in [-0.1, -0.05) is 18.2 Å². The van der Waals surface area contributed by atoms with E-state index in [0.717, 1.165) is 66.1 Å². The fourth-order valence-electron chi connectivity index (χ4n) is 5.61. The van der Waals surface area contributed by atoms with Crippen LogP contribution in [0.4, 0.5) is 8.92 Å². The number of phenols is 2. The standard InChI is InChI=1S/C31H31F2NO5/c32-14-2-15-34-16-13-25(19-34)38-24-9-5-20(6-10-24)30-26-11-7-22(31(37)39-33)17-21(26)3-1-4-28(30)27-12-8-23(35)18-29(27)36/h5-12,17-18,25,35-36H,1-4,13-16,19H2. The Balaban J connectivity index is 1.51. The van der Waals surface area contributed by atoms with Crippen LogP contribution in [-0.2, 0) is 11.4 Å². The summed E-state index contributed by atoms with van der Waals surface area (Å²) >= 11 is 0. The number of carbonyl (C=O) groups is 1. The van der Waals surface area contributed by atoms with E-state index in [4.69, 9.17) is 4.74 Å². The Morgan fingerprint density at radius 2 is 1.79 bits per heavy atom. The lowest BCUT2D eigenvalue weighted by atomic mass is 9.87. The van der Waals surface area contributed by atoms with Crippen molar-refractivity contribution in [1.82, 2.24) is 4.90 Å². The number of allylic oxidation sites excluding steroid dienone is 1. The number of rotatable bonds is 8. The van der Waals surface area contributed by atoms with Crippen LogP contribution >= 0.6 is 0 Å². The van der Waals surface area contributed by atoms with Gasteiger partial charge in [-0.2, -0.15) is 0 Å². The van der Waals surface area contributed by atoms with E-state index in [2.05, 4.69) is 9.84 Å². The van der Waals surface area contributed by atoms with Gasteiger partial charge < -0.3 is 14.9 Å². The van der Waals surface area contributed by atoms with Gasteiger partial charge in [-0.15, -0.1) is 0 Å². The number of hydrogen-bond donors (Lipinski definition) is 2. The largest absolute Gasteiger partial charge is 0.508 e. The van der Waals surface area contributed by atoms with Crippen molar-refractivity contribution < 1.29 is 33.6 Å². The third-order valence-electron chi connectivity index (χ3n) is 7.44. The molecule has 2 aliphatic rings. The second kappa shape index (κ2) is 11.9. The van der Waals surface area contributed by atoms with Crippen molar-refractivity contribution >= 4 is 17.1 Å². The molecule has 0 spiro atoms. The van der Waals surface area contributed by atoms with Crippen molar-refractivity contribution in [1.29, 1.82) is 0 Å². The minimum absolute atomic E-state index is 0.0259. The van der Waals surface area contributed by atoms with Gasteiger partial charge in [0.05, 0.1) is 12.2 Å². The van der Waals surface area contributed by atoms with E-state index >= 15 is 0 Å². The molecule has 1 atom stereocenters. The lowest BCUT2D eigenvalue weighted by Gasteiger charge is -2.19. The second-order valence-electron chi connectivity index (χ2n) is 10.0. The monoisotopic (exact) mass is 535 g/mol. The van der Waals surface area contributed by atoms with Gasteiger partial charge in [-0.05, 0) is 96.3 Å². The molecule has 0 saturated carbocycles. The highest BCUT2D eigenvalue weighted by Crippen LogP contribution is 2.43. The van der Waals surface area contributed by atoms with E-state index in [9.17, 15) is 23.9 Å². The molecule has 204 valence electrons. The number of aromatic hydroxyl groups is 2. The fraction of sp³-hybridized carbons (Fsp3) is 0.323. The van der Waals surface area contributed by atoms with E-state index in [0.29, 0.717) is 24.8 Å². The number of benzene rings is 3. The van der Waals surface area contributed by atoms with Crippen LogP contribution in [-0.4, -0.2) is 53.5 Å². The smallest absolute Gasteiger partial charge is 0.379 e. The van der Waals surface area contributed by atoms with Crippen molar-refractivity contribution in [3.05, 3.63) is 88.5 Å². The number of ether oxygens (including phenoxy) is 1. The summed E-state index contributed by atoms with van der Waals surface area (Å²) in [5.41, 5.74) is 5.17. The second-order valence-corrected chi connectivity index (χ2v) is 10.0. The predicted molar refractivity (Wildman–Crippen MR) is 144 cm³/mol. The third kappa shape index (κ3) is 5.91. The minimum Gasteiger partial charge on any atom is -0.508 e. The molecule has 1 fully saturated rings. The molecule has 5 rings (SSSR count). The molecule has 8 heteroatoms. The first-order chi connectivity index (χ1) is 19.0. The molecule has 1 heterocycles. The first-order valence-electron chi connectivity index (χ1n) is 13.2. The molecule has 1 saturated heterocycles. The van der Waals surface area contributed by atoms with Gasteiger partial charge in [0.25, 0.3) is 0 Å². The molecule has 6 nitrogen and oxygen atoms in total. The van der Waals surface area contributed by atoms with Crippen molar-refractivity contribution in [2.75, 3.05) is 26.3 Å². The molecule has 1 unspecified atom stereocenters. The quantitative estimate of drug-likeness (QED) is 0.355. The lowest BCUT2D eigenvalue weighted by Crippen LogP contribution is -2.26. The summed E-state index contributed by atoms with van der Waals surface area (Å²) in [6.45, 7) is 2.09. The average Bonchev–Trinajstić information content (AvgIpc) is 3.30. The summed E-state index contributed by atoms with van der Waals surface area (Å²) in [6, 6.07) is 17.3. The maximum absolute atomic E-state index is 12.6. The van der Waals surface area contributed by atoms with Crippen molar-refractivity contribution in [2.45, 2.75) is 38.2 Å². The Morgan fingerprint density at radius 3 is 2.54 bits per heavy atom. The zero-order valence-electron chi connectivity index (χ0n) is 21.5. The van der Waals surface area contributed by atoms with E-state index in [1.54, 1.807) is 24.3 Å². The van der Waals surface area contributed by atoms with Gasteiger partial charge in [-0.3, -0.25) is 9.29 Å². The van der Waals surface area contributed by atoms with Crippen molar-refractivity contribution in [3.8, 4) is 17.2 Å². The Hall–Kier alpha value is -3.91. The summed E-state index contributed by atoms with van der Waals surface area (Å²) in [6.07, 6.45) is 3.50. The molecule has 0 aromatic heterocycles. The number of nitrogens with zero attached hydrogens (tertiary/aromatic N) is 1. The summed E-state index contributed by atoms with van der Waals surface area (Å²) < 4.78 is 31.3. The SMILES string of the molecule is O=C(OF)c1ccc2c(c1)CCCC(c1ccc(O)cc1O)=C2c1ccc(OC2CCN(CCCF)C2)cc1. The number of likely N-dealkylation sites (tertiary alicyclic amines) is 1. The molecule has 3 aromatic rings. The summed E-state index contributed by atoms with van der Waals surface area (Å²) in [5, 5.41) is 20.6. The highest BCUT2D eigenvalue weighted by atomic mass is 19.3. The molecule has 0 bridgehead atoms. The number of halogens is 2. The van der Waals surface area contributed by atoms with Gasteiger partial charge in [0, 0.05) is 35.8 Å².